The van der Waals surface area contributed by atoms with Crippen LogP contribution >= 0.6 is 12.4 Å². The van der Waals surface area contributed by atoms with Gasteiger partial charge in [0.15, 0.2) is 5.82 Å². The van der Waals surface area contributed by atoms with Crippen molar-refractivity contribution in [2.45, 2.75) is 45.7 Å². The molecule has 1 unspecified atom stereocenters. The summed E-state index contributed by atoms with van der Waals surface area (Å²) in [4.78, 5) is 6.84. The van der Waals surface area contributed by atoms with Gasteiger partial charge in [0.1, 0.15) is 0 Å². The molecule has 18 heavy (non-hydrogen) atoms. The fourth-order valence-electron chi connectivity index (χ4n) is 2.31. The van der Waals surface area contributed by atoms with Crippen LogP contribution < -0.4 is 5.32 Å². The third-order valence-corrected chi connectivity index (χ3v) is 3.22. The molecule has 1 aliphatic heterocycles. The maximum absolute atomic E-state index is 5.15. The lowest BCUT2D eigenvalue weighted by atomic mass is 10.2. The number of halogens is 1. The Morgan fingerprint density at radius 3 is 2.83 bits per heavy atom. The van der Waals surface area contributed by atoms with E-state index >= 15 is 0 Å². The largest absolute Gasteiger partial charge is 0.339 e. The summed E-state index contributed by atoms with van der Waals surface area (Å²) in [5.41, 5.74) is 0. The summed E-state index contributed by atoms with van der Waals surface area (Å²) >= 11 is 0. The van der Waals surface area contributed by atoms with E-state index in [1.807, 2.05) is 6.92 Å². The molecule has 0 amide bonds. The van der Waals surface area contributed by atoms with Crippen LogP contribution in [0, 0.1) is 0 Å². The second-order valence-corrected chi connectivity index (χ2v) is 4.57. The number of aryl methyl sites for hydroxylation is 1. The summed E-state index contributed by atoms with van der Waals surface area (Å²) < 4.78 is 5.15. The third kappa shape index (κ3) is 3.93. The van der Waals surface area contributed by atoms with Gasteiger partial charge in [0.05, 0.1) is 6.54 Å². The minimum atomic E-state index is 0. The fourth-order valence-corrected chi connectivity index (χ4v) is 2.31. The van der Waals surface area contributed by atoms with Crippen molar-refractivity contribution >= 4 is 12.4 Å². The van der Waals surface area contributed by atoms with Crippen LogP contribution in [0.25, 0.3) is 0 Å². The van der Waals surface area contributed by atoms with E-state index in [4.69, 9.17) is 4.52 Å². The minimum Gasteiger partial charge on any atom is -0.339 e. The molecule has 0 aromatic carbocycles. The topological polar surface area (TPSA) is 54.2 Å². The van der Waals surface area contributed by atoms with E-state index in [2.05, 4.69) is 27.3 Å². The van der Waals surface area contributed by atoms with Crippen molar-refractivity contribution in [2.75, 3.05) is 19.6 Å². The highest BCUT2D eigenvalue weighted by Crippen LogP contribution is 2.12. The van der Waals surface area contributed by atoms with Gasteiger partial charge in [0, 0.05) is 19.0 Å². The Hall–Kier alpha value is -0.650. The first kappa shape index (κ1) is 15.4. The second-order valence-electron chi connectivity index (χ2n) is 4.57. The highest BCUT2D eigenvalue weighted by atomic mass is 35.5. The lowest BCUT2D eigenvalue weighted by molar-refractivity contribution is 0.192. The Bertz CT molecular complexity index is 339. The molecule has 1 aromatic heterocycles. The van der Waals surface area contributed by atoms with Crippen molar-refractivity contribution in [3.63, 3.8) is 0 Å². The normalized spacial score (nSPS) is 19.2. The Morgan fingerprint density at radius 2 is 2.28 bits per heavy atom. The number of hydrogen-bond donors (Lipinski definition) is 1. The summed E-state index contributed by atoms with van der Waals surface area (Å²) in [6.45, 7) is 8.35. The van der Waals surface area contributed by atoms with Gasteiger partial charge in [-0.2, -0.15) is 4.98 Å². The summed E-state index contributed by atoms with van der Waals surface area (Å²) in [5.74, 6) is 1.56. The quantitative estimate of drug-likeness (QED) is 0.854. The molecule has 0 spiro atoms. The predicted octanol–water partition coefficient (Wildman–Crippen LogP) is 1.63. The molecule has 1 fully saturated rings. The van der Waals surface area contributed by atoms with Gasteiger partial charge in [-0.15, -0.1) is 12.4 Å². The van der Waals surface area contributed by atoms with Crippen molar-refractivity contribution in [3.05, 3.63) is 11.7 Å². The zero-order chi connectivity index (χ0) is 12.1. The van der Waals surface area contributed by atoms with Crippen molar-refractivity contribution < 1.29 is 4.52 Å². The molecule has 5 nitrogen and oxygen atoms in total. The molecule has 6 heteroatoms. The molecular weight excluding hydrogens is 252 g/mol. The molecular formula is C12H23ClN4O. The van der Waals surface area contributed by atoms with Crippen molar-refractivity contribution in [2.24, 2.45) is 0 Å². The zero-order valence-corrected chi connectivity index (χ0v) is 12.0. The molecule has 2 heterocycles. The van der Waals surface area contributed by atoms with Gasteiger partial charge in [0.2, 0.25) is 5.89 Å². The van der Waals surface area contributed by atoms with Gasteiger partial charge in [-0.25, -0.2) is 0 Å². The van der Waals surface area contributed by atoms with Crippen LogP contribution in [0.2, 0.25) is 0 Å². The van der Waals surface area contributed by atoms with Gasteiger partial charge in [0.25, 0.3) is 0 Å². The number of hydrogen-bond acceptors (Lipinski definition) is 5. The summed E-state index contributed by atoms with van der Waals surface area (Å²) in [5, 5.41) is 7.44. The van der Waals surface area contributed by atoms with Crippen LogP contribution in [0.15, 0.2) is 4.52 Å². The van der Waals surface area contributed by atoms with Crippen LogP contribution in [-0.2, 0) is 13.0 Å². The minimum absolute atomic E-state index is 0. The second kappa shape index (κ2) is 7.71. The van der Waals surface area contributed by atoms with E-state index < -0.39 is 0 Å². The van der Waals surface area contributed by atoms with Crippen LogP contribution in [-0.4, -0.2) is 40.7 Å². The maximum atomic E-state index is 5.15. The molecule has 1 saturated heterocycles. The molecule has 1 aromatic rings. The van der Waals surface area contributed by atoms with E-state index in [0.29, 0.717) is 6.04 Å². The lowest BCUT2D eigenvalue weighted by Gasteiger charge is -2.26. The first-order valence-corrected chi connectivity index (χ1v) is 6.59. The van der Waals surface area contributed by atoms with Crippen molar-refractivity contribution in [1.29, 1.82) is 0 Å². The number of rotatable bonds is 6. The molecule has 0 bridgehead atoms. The lowest BCUT2D eigenvalue weighted by Crippen LogP contribution is -2.37. The molecule has 0 radical (unpaired) electrons. The van der Waals surface area contributed by atoms with Crippen molar-refractivity contribution in [1.82, 2.24) is 20.4 Å². The first-order valence-electron chi connectivity index (χ1n) is 6.59. The van der Waals surface area contributed by atoms with Gasteiger partial charge in [-0.05, 0) is 25.9 Å². The van der Waals surface area contributed by atoms with E-state index in [-0.39, 0.29) is 12.4 Å². The summed E-state index contributed by atoms with van der Waals surface area (Å²) in [6.07, 6.45) is 3.19. The van der Waals surface area contributed by atoms with Gasteiger partial charge in [-0.3, -0.25) is 4.90 Å². The Balaban J connectivity index is 0.00000162. The smallest absolute Gasteiger partial charge is 0.226 e. The van der Waals surface area contributed by atoms with Crippen LogP contribution in [0.1, 0.15) is 38.4 Å². The standard InChI is InChI=1S/C12H22N4O.ClH/c1-3-7-16(10-5-6-13-8-10)9-11-14-12(4-2)17-15-11;/h10,13H,3-9H2,1-2H3;1H. The van der Waals surface area contributed by atoms with E-state index in [9.17, 15) is 0 Å². The molecule has 104 valence electrons. The van der Waals surface area contributed by atoms with Crippen LogP contribution in [0.3, 0.4) is 0 Å². The average molecular weight is 275 g/mol. The molecule has 1 N–H and O–H groups in total. The molecule has 1 aliphatic rings. The van der Waals surface area contributed by atoms with E-state index in [0.717, 1.165) is 50.7 Å². The molecule has 0 aliphatic carbocycles. The zero-order valence-electron chi connectivity index (χ0n) is 11.2. The Labute approximate surface area is 115 Å². The molecule has 1 atom stereocenters. The highest BCUT2D eigenvalue weighted by molar-refractivity contribution is 5.85. The van der Waals surface area contributed by atoms with Gasteiger partial charge in [-0.1, -0.05) is 19.0 Å². The highest BCUT2D eigenvalue weighted by Gasteiger charge is 2.23. The van der Waals surface area contributed by atoms with Gasteiger partial charge >= 0.3 is 0 Å². The molecule has 2 rings (SSSR count). The van der Waals surface area contributed by atoms with E-state index in [1.54, 1.807) is 0 Å². The number of nitrogens with one attached hydrogen (secondary N) is 1. The van der Waals surface area contributed by atoms with Crippen LogP contribution in [0.5, 0.6) is 0 Å². The Kier molecular flexibility index (Phi) is 6.60. The monoisotopic (exact) mass is 274 g/mol. The van der Waals surface area contributed by atoms with E-state index in [1.165, 1.54) is 6.42 Å². The third-order valence-electron chi connectivity index (χ3n) is 3.22. The summed E-state index contributed by atoms with van der Waals surface area (Å²) in [6, 6.07) is 0.624. The number of aromatic nitrogens is 2. The maximum Gasteiger partial charge on any atom is 0.226 e. The first-order chi connectivity index (χ1) is 8.33. The van der Waals surface area contributed by atoms with Crippen molar-refractivity contribution in [3.8, 4) is 0 Å². The molecule has 0 saturated carbocycles. The fraction of sp³-hybridized carbons (Fsp3) is 0.833. The van der Waals surface area contributed by atoms with Gasteiger partial charge < -0.3 is 9.84 Å². The van der Waals surface area contributed by atoms with Crippen LogP contribution in [0.4, 0.5) is 0 Å². The SMILES string of the molecule is CCCN(Cc1noc(CC)n1)C1CCNC1.Cl. The average Bonchev–Trinajstić information content (AvgIpc) is 2.99. The summed E-state index contributed by atoms with van der Waals surface area (Å²) in [7, 11) is 0. The number of nitrogens with zero attached hydrogens (tertiary/aromatic N) is 3. The Morgan fingerprint density at radius 1 is 1.44 bits per heavy atom. The predicted molar refractivity (Wildman–Crippen MR) is 72.9 cm³/mol.